The average Bonchev–Trinajstić information content (AvgIpc) is 2.29. The third-order valence-electron chi connectivity index (χ3n) is 3.12. The van der Waals surface area contributed by atoms with Gasteiger partial charge in [-0.15, -0.1) is 0 Å². The van der Waals surface area contributed by atoms with Crippen molar-refractivity contribution in [1.82, 2.24) is 4.90 Å². The highest BCUT2D eigenvalue weighted by molar-refractivity contribution is 5.79. The molecule has 98 valence electrons. The number of rotatable bonds is 5. The molecule has 0 radical (unpaired) electrons. The van der Waals surface area contributed by atoms with Crippen LogP contribution in [-0.2, 0) is 14.3 Å². The number of carbonyl (C=O) groups is 2. The fourth-order valence-corrected chi connectivity index (χ4v) is 2.14. The summed E-state index contributed by atoms with van der Waals surface area (Å²) in [5.74, 6) is -0.798. The molecule has 0 aromatic rings. The summed E-state index contributed by atoms with van der Waals surface area (Å²) in [5.41, 5.74) is 0. The Labute approximate surface area is 102 Å². The van der Waals surface area contributed by atoms with Crippen molar-refractivity contribution in [3.8, 4) is 0 Å². The van der Waals surface area contributed by atoms with Crippen LogP contribution in [0.25, 0.3) is 0 Å². The third kappa shape index (κ3) is 4.34. The largest absolute Gasteiger partial charge is 0.481 e. The number of amides is 1. The third-order valence-corrected chi connectivity index (χ3v) is 3.12. The van der Waals surface area contributed by atoms with Crippen LogP contribution in [0.2, 0.25) is 0 Å². The van der Waals surface area contributed by atoms with Crippen molar-refractivity contribution < 1.29 is 19.4 Å². The molecule has 0 bridgehead atoms. The molecular formula is C12H21NO4. The van der Waals surface area contributed by atoms with Crippen LogP contribution in [0.15, 0.2) is 0 Å². The van der Waals surface area contributed by atoms with Crippen LogP contribution in [0.1, 0.15) is 33.1 Å². The lowest BCUT2D eigenvalue weighted by Crippen LogP contribution is -2.40. The molecule has 0 spiro atoms. The number of hydrogen-bond acceptors (Lipinski definition) is 3. The Morgan fingerprint density at radius 1 is 1.47 bits per heavy atom. The first-order chi connectivity index (χ1) is 8.04. The first-order valence-electron chi connectivity index (χ1n) is 6.16. The zero-order valence-corrected chi connectivity index (χ0v) is 10.5. The van der Waals surface area contributed by atoms with Crippen LogP contribution in [0.3, 0.4) is 0 Å². The lowest BCUT2D eigenvalue weighted by molar-refractivity contribution is -0.142. The van der Waals surface area contributed by atoms with E-state index in [4.69, 9.17) is 9.84 Å². The summed E-state index contributed by atoms with van der Waals surface area (Å²) in [5, 5.41) is 8.63. The quantitative estimate of drug-likeness (QED) is 0.786. The standard InChI is InChI=1S/C12H21NO4/c1-3-13(6-4-11(14)15)12(16)10-5-7-17-9(2)8-10/h9-10H,3-8H2,1-2H3,(H,14,15). The Kier molecular flexibility index (Phi) is 5.41. The van der Waals surface area contributed by atoms with Gasteiger partial charge in [-0.05, 0) is 26.7 Å². The molecule has 1 rings (SSSR count). The highest BCUT2D eigenvalue weighted by Crippen LogP contribution is 2.22. The lowest BCUT2D eigenvalue weighted by Gasteiger charge is -2.31. The van der Waals surface area contributed by atoms with Crippen LogP contribution in [-0.4, -0.2) is 47.7 Å². The summed E-state index contributed by atoms with van der Waals surface area (Å²) >= 11 is 0. The smallest absolute Gasteiger partial charge is 0.305 e. The molecule has 0 aromatic heterocycles. The monoisotopic (exact) mass is 243 g/mol. The second-order valence-electron chi connectivity index (χ2n) is 4.46. The molecule has 5 nitrogen and oxygen atoms in total. The van der Waals surface area contributed by atoms with Crippen molar-refractivity contribution in [2.75, 3.05) is 19.7 Å². The van der Waals surface area contributed by atoms with E-state index in [9.17, 15) is 9.59 Å². The molecule has 1 fully saturated rings. The summed E-state index contributed by atoms with van der Waals surface area (Å²) in [4.78, 5) is 24.3. The molecule has 1 amide bonds. The molecule has 1 aliphatic rings. The zero-order chi connectivity index (χ0) is 12.8. The average molecular weight is 243 g/mol. The minimum atomic E-state index is -0.864. The van der Waals surface area contributed by atoms with Gasteiger partial charge in [0.05, 0.1) is 12.5 Å². The Hall–Kier alpha value is -1.10. The molecule has 0 saturated carbocycles. The minimum Gasteiger partial charge on any atom is -0.481 e. The van der Waals surface area contributed by atoms with Crippen LogP contribution >= 0.6 is 0 Å². The Morgan fingerprint density at radius 3 is 2.71 bits per heavy atom. The van der Waals surface area contributed by atoms with E-state index in [1.165, 1.54) is 0 Å². The second kappa shape index (κ2) is 6.59. The second-order valence-corrected chi connectivity index (χ2v) is 4.46. The molecule has 0 aliphatic carbocycles. The van der Waals surface area contributed by atoms with Gasteiger partial charge >= 0.3 is 5.97 Å². The van der Waals surface area contributed by atoms with E-state index in [1.54, 1.807) is 4.90 Å². The zero-order valence-electron chi connectivity index (χ0n) is 10.5. The Balaban J connectivity index is 2.49. The Morgan fingerprint density at radius 2 is 2.18 bits per heavy atom. The number of aliphatic carboxylic acids is 1. The van der Waals surface area contributed by atoms with Crippen LogP contribution in [0, 0.1) is 5.92 Å². The molecule has 2 atom stereocenters. The summed E-state index contributed by atoms with van der Waals surface area (Å²) in [6.07, 6.45) is 1.61. The van der Waals surface area contributed by atoms with Gasteiger partial charge in [-0.1, -0.05) is 0 Å². The maximum absolute atomic E-state index is 12.2. The maximum Gasteiger partial charge on any atom is 0.305 e. The molecule has 0 aromatic carbocycles. The van der Waals surface area contributed by atoms with Gasteiger partial charge in [-0.2, -0.15) is 0 Å². The molecule has 1 N–H and O–H groups in total. The molecule has 17 heavy (non-hydrogen) atoms. The number of carbonyl (C=O) groups excluding carboxylic acids is 1. The molecule has 5 heteroatoms. The van der Waals surface area contributed by atoms with Crippen molar-refractivity contribution in [3.63, 3.8) is 0 Å². The first-order valence-corrected chi connectivity index (χ1v) is 6.16. The summed E-state index contributed by atoms with van der Waals surface area (Å²) in [6.45, 7) is 5.33. The van der Waals surface area contributed by atoms with Gasteiger partial charge in [-0.3, -0.25) is 9.59 Å². The van der Waals surface area contributed by atoms with Gasteiger partial charge in [-0.25, -0.2) is 0 Å². The predicted octanol–water partition coefficient (Wildman–Crippen LogP) is 1.12. The van der Waals surface area contributed by atoms with Crippen molar-refractivity contribution in [2.45, 2.75) is 39.2 Å². The van der Waals surface area contributed by atoms with E-state index >= 15 is 0 Å². The van der Waals surface area contributed by atoms with Crippen LogP contribution in [0.5, 0.6) is 0 Å². The number of carboxylic acid groups (broad SMARTS) is 1. The molecule has 1 aliphatic heterocycles. The van der Waals surface area contributed by atoms with E-state index in [-0.39, 0.29) is 24.3 Å². The first kappa shape index (κ1) is 14.0. The fraction of sp³-hybridized carbons (Fsp3) is 0.833. The van der Waals surface area contributed by atoms with Crippen molar-refractivity contribution >= 4 is 11.9 Å². The molecule has 1 heterocycles. The highest BCUT2D eigenvalue weighted by atomic mass is 16.5. The molecule has 1 saturated heterocycles. The number of carboxylic acids is 1. The minimum absolute atomic E-state index is 0.00695. The number of nitrogens with zero attached hydrogens (tertiary/aromatic N) is 1. The number of ether oxygens (including phenoxy) is 1. The van der Waals surface area contributed by atoms with Crippen molar-refractivity contribution in [1.29, 1.82) is 0 Å². The summed E-state index contributed by atoms with van der Waals surface area (Å²) in [7, 11) is 0. The van der Waals surface area contributed by atoms with Gasteiger partial charge in [0.1, 0.15) is 0 Å². The molecule has 2 unspecified atom stereocenters. The lowest BCUT2D eigenvalue weighted by atomic mass is 9.94. The van der Waals surface area contributed by atoms with E-state index in [0.29, 0.717) is 19.7 Å². The van der Waals surface area contributed by atoms with E-state index < -0.39 is 5.97 Å². The van der Waals surface area contributed by atoms with Crippen LogP contribution in [0.4, 0.5) is 0 Å². The summed E-state index contributed by atoms with van der Waals surface area (Å²) in [6, 6.07) is 0. The van der Waals surface area contributed by atoms with Crippen molar-refractivity contribution in [2.24, 2.45) is 5.92 Å². The van der Waals surface area contributed by atoms with E-state index in [0.717, 1.165) is 12.8 Å². The predicted molar refractivity (Wildman–Crippen MR) is 62.6 cm³/mol. The van der Waals surface area contributed by atoms with Gasteiger partial charge in [0.2, 0.25) is 5.91 Å². The van der Waals surface area contributed by atoms with E-state index in [1.807, 2.05) is 13.8 Å². The molecular weight excluding hydrogens is 222 g/mol. The Bertz CT molecular complexity index is 280. The highest BCUT2D eigenvalue weighted by Gasteiger charge is 2.28. The van der Waals surface area contributed by atoms with Gasteiger partial charge in [0, 0.05) is 25.6 Å². The topological polar surface area (TPSA) is 66.8 Å². The van der Waals surface area contributed by atoms with Gasteiger partial charge in [0.25, 0.3) is 0 Å². The number of hydrogen-bond donors (Lipinski definition) is 1. The van der Waals surface area contributed by atoms with Crippen LogP contribution < -0.4 is 0 Å². The van der Waals surface area contributed by atoms with Gasteiger partial charge < -0.3 is 14.7 Å². The van der Waals surface area contributed by atoms with E-state index in [2.05, 4.69) is 0 Å². The summed E-state index contributed by atoms with van der Waals surface area (Å²) < 4.78 is 5.40. The SMILES string of the molecule is CCN(CCC(=O)O)C(=O)C1CCOC(C)C1. The maximum atomic E-state index is 12.2. The normalized spacial score (nSPS) is 24.4. The van der Waals surface area contributed by atoms with Gasteiger partial charge in [0.15, 0.2) is 0 Å². The van der Waals surface area contributed by atoms with Crippen molar-refractivity contribution in [3.05, 3.63) is 0 Å². The fourth-order valence-electron chi connectivity index (χ4n) is 2.14.